The first-order chi connectivity index (χ1) is 8.33. The van der Waals surface area contributed by atoms with E-state index in [4.69, 9.17) is 4.74 Å². The summed E-state index contributed by atoms with van der Waals surface area (Å²) in [6.07, 6.45) is 2.49. The SMILES string of the molecule is O=C(NC1CN2CCC1CC2)N1CCOCC1. The minimum atomic E-state index is 0.104. The standard InChI is InChI=1S/C12H21N3O2/c16-12(15-5-7-17-8-6-15)13-11-9-14-3-1-10(11)2-4-14/h10-11H,1-9H2,(H,13,16). The number of amides is 2. The maximum atomic E-state index is 12.1. The molecule has 17 heavy (non-hydrogen) atoms. The van der Waals surface area contributed by atoms with Crippen molar-refractivity contribution in [1.29, 1.82) is 0 Å². The van der Waals surface area contributed by atoms with Gasteiger partial charge in [-0.2, -0.15) is 0 Å². The molecule has 2 amide bonds. The Kier molecular flexibility index (Phi) is 3.20. The molecule has 0 spiro atoms. The fraction of sp³-hybridized carbons (Fsp3) is 0.917. The number of hydrogen-bond donors (Lipinski definition) is 1. The number of morpholine rings is 1. The lowest BCUT2D eigenvalue weighted by Crippen LogP contribution is -2.59. The van der Waals surface area contributed by atoms with Gasteiger partial charge in [-0.1, -0.05) is 0 Å². The normalized spacial score (nSPS) is 36.9. The molecule has 4 heterocycles. The molecule has 4 rings (SSSR count). The summed E-state index contributed by atoms with van der Waals surface area (Å²) in [5.41, 5.74) is 0. The Balaban J connectivity index is 1.54. The summed E-state index contributed by atoms with van der Waals surface area (Å²) >= 11 is 0. The van der Waals surface area contributed by atoms with E-state index < -0.39 is 0 Å². The summed E-state index contributed by atoms with van der Waals surface area (Å²) in [5.74, 6) is 0.699. The van der Waals surface area contributed by atoms with Gasteiger partial charge in [0.05, 0.1) is 13.2 Å². The molecule has 2 bridgehead atoms. The monoisotopic (exact) mass is 239 g/mol. The van der Waals surface area contributed by atoms with Gasteiger partial charge in [-0.15, -0.1) is 0 Å². The van der Waals surface area contributed by atoms with Gasteiger partial charge in [0.15, 0.2) is 0 Å². The van der Waals surface area contributed by atoms with Crippen molar-refractivity contribution in [2.24, 2.45) is 5.92 Å². The number of carbonyl (C=O) groups is 1. The molecular formula is C12H21N3O2. The average Bonchev–Trinajstić information content (AvgIpc) is 2.41. The second kappa shape index (κ2) is 4.82. The molecule has 1 atom stereocenters. The van der Waals surface area contributed by atoms with Crippen molar-refractivity contribution in [1.82, 2.24) is 15.1 Å². The van der Waals surface area contributed by atoms with Gasteiger partial charge in [-0.25, -0.2) is 4.79 Å². The third kappa shape index (κ3) is 2.40. The molecule has 5 heteroatoms. The lowest BCUT2D eigenvalue weighted by Gasteiger charge is -2.45. The van der Waals surface area contributed by atoms with Crippen molar-refractivity contribution >= 4 is 6.03 Å². The molecule has 0 aromatic carbocycles. The maximum Gasteiger partial charge on any atom is 0.317 e. The predicted octanol–water partition coefficient (Wildman–Crippen LogP) is 0.122. The largest absolute Gasteiger partial charge is 0.378 e. The lowest BCUT2D eigenvalue weighted by atomic mass is 9.84. The van der Waals surface area contributed by atoms with Crippen molar-refractivity contribution < 1.29 is 9.53 Å². The van der Waals surface area contributed by atoms with E-state index >= 15 is 0 Å². The molecule has 1 unspecified atom stereocenters. The fourth-order valence-corrected chi connectivity index (χ4v) is 3.14. The van der Waals surface area contributed by atoms with Crippen LogP contribution in [0.5, 0.6) is 0 Å². The Morgan fingerprint density at radius 1 is 1.12 bits per heavy atom. The summed E-state index contributed by atoms with van der Waals surface area (Å²) in [6.45, 7) is 6.28. The van der Waals surface area contributed by atoms with Gasteiger partial charge in [-0.3, -0.25) is 0 Å². The summed E-state index contributed by atoms with van der Waals surface area (Å²) in [6, 6.07) is 0.472. The van der Waals surface area contributed by atoms with Crippen LogP contribution in [0.25, 0.3) is 0 Å². The van der Waals surface area contributed by atoms with E-state index in [1.165, 1.54) is 25.9 Å². The number of ether oxygens (including phenoxy) is 1. The summed E-state index contributed by atoms with van der Waals surface area (Å²) in [4.78, 5) is 16.4. The highest BCUT2D eigenvalue weighted by Gasteiger charge is 2.35. The number of fused-ring (bicyclic) bond motifs is 3. The van der Waals surface area contributed by atoms with Gasteiger partial charge >= 0.3 is 6.03 Å². The van der Waals surface area contributed by atoms with E-state index in [0.29, 0.717) is 25.2 Å². The van der Waals surface area contributed by atoms with Gasteiger partial charge in [0.1, 0.15) is 0 Å². The molecule has 0 aromatic rings. The zero-order valence-corrected chi connectivity index (χ0v) is 10.2. The topological polar surface area (TPSA) is 44.8 Å². The van der Waals surface area contributed by atoms with Crippen LogP contribution < -0.4 is 5.32 Å². The second-order valence-corrected chi connectivity index (χ2v) is 5.29. The minimum Gasteiger partial charge on any atom is -0.378 e. The van der Waals surface area contributed by atoms with E-state index in [1.54, 1.807) is 0 Å². The lowest BCUT2D eigenvalue weighted by molar-refractivity contribution is 0.0438. The van der Waals surface area contributed by atoms with Crippen LogP contribution in [0.2, 0.25) is 0 Å². The molecule has 4 aliphatic rings. The van der Waals surface area contributed by atoms with Gasteiger partial charge in [0.2, 0.25) is 0 Å². The first kappa shape index (κ1) is 11.3. The predicted molar refractivity (Wildman–Crippen MR) is 63.9 cm³/mol. The van der Waals surface area contributed by atoms with Crippen LogP contribution in [-0.2, 0) is 4.74 Å². The third-order valence-electron chi connectivity index (χ3n) is 4.26. The summed E-state index contributed by atoms with van der Waals surface area (Å²) < 4.78 is 5.26. The van der Waals surface area contributed by atoms with Crippen LogP contribution in [-0.4, -0.2) is 67.8 Å². The van der Waals surface area contributed by atoms with Crippen LogP contribution in [0.3, 0.4) is 0 Å². The Labute approximate surface area is 102 Å². The highest BCUT2D eigenvalue weighted by atomic mass is 16.5. The van der Waals surface area contributed by atoms with Crippen molar-refractivity contribution in [3.63, 3.8) is 0 Å². The molecule has 4 aliphatic heterocycles. The van der Waals surface area contributed by atoms with Crippen LogP contribution in [0, 0.1) is 5.92 Å². The fourth-order valence-electron chi connectivity index (χ4n) is 3.14. The van der Waals surface area contributed by atoms with Crippen molar-refractivity contribution in [3.8, 4) is 0 Å². The molecule has 96 valence electrons. The number of piperidine rings is 3. The van der Waals surface area contributed by atoms with Crippen molar-refractivity contribution in [2.45, 2.75) is 18.9 Å². The van der Waals surface area contributed by atoms with E-state index in [2.05, 4.69) is 10.2 Å². The summed E-state index contributed by atoms with van der Waals surface area (Å²) in [5, 5.41) is 3.21. The molecule has 0 aromatic heterocycles. The number of rotatable bonds is 1. The van der Waals surface area contributed by atoms with Crippen molar-refractivity contribution in [3.05, 3.63) is 0 Å². The van der Waals surface area contributed by atoms with E-state index in [1.807, 2.05) is 4.90 Å². The van der Waals surface area contributed by atoms with E-state index in [-0.39, 0.29) is 6.03 Å². The minimum absolute atomic E-state index is 0.104. The van der Waals surface area contributed by atoms with Crippen molar-refractivity contribution in [2.75, 3.05) is 45.9 Å². The first-order valence-corrected chi connectivity index (χ1v) is 6.68. The van der Waals surface area contributed by atoms with E-state index in [0.717, 1.165) is 19.6 Å². The van der Waals surface area contributed by atoms with Crippen LogP contribution in [0.1, 0.15) is 12.8 Å². The highest BCUT2D eigenvalue weighted by molar-refractivity contribution is 5.74. The molecule has 0 aliphatic carbocycles. The first-order valence-electron chi connectivity index (χ1n) is 6.68. The number of hydrogen-bond acceptors (Lipinski definition) is 3. The zero-order chi connectivity index (χ0) is 11.7. The van der Waals surface area contributed by atoms with Gasteiger partial charge in [-0.05, 0) is 31.8 Å². The number of nitrogens with zero attached hydrogens (tertiary/aromatic N) is 2. The Hall–Kier alpha value is -0.810. The molecule has 4 fully saturated rings. The number of carbonyl (C=O) groups excluding carboxylic acids is 1. The molecule has 4 saturated heterocycles. The van der Waals surface area contributed by atoms with Crippen LogP contribution in [0.4, 0.5) is 4.79 Å². The van der Waals surface area contributed by atoms with Crippen LogP contribution >= 0.6 is 0 Å². The molecule has 1 N–H and O–H groups in total. The van der Waals surface area contributed by atoms with Gasteiger partial charge < -0.3 is 19.9 Å². The quantitative estimate of drug-likeness (QED) is 0.707. The zero-order valence-electron chi connectivity index (χ0n) is 10.2. The highest BCUT2D eigenvalue weighted by Crippen LogP contribution is 2.27. The molecule has 0 radical (unpaired) electrons. The molecule has 0 saturated carbocycles. The Bertz CT molecular complexity index is 283. The maximum absolute atomic E-state index is 12.1. The number of urea groups is 1. The average molecular weight is 239 g/mol. The third-order valence-corrected chi connectivity index (χ3v) is 4.26. The van der Waals surface area contributed by atoms with Crippen LogP contribution in [0.15, 0.2) is 0 Å². The van der Waals surface area contributed by atoms with Gasteiger partial charge in [0.25, 0.3) is 0 Å². The Morgan fingerprint density at radius 3 is 2.41 bits per heavy atom. The van der Waals surface area contributed by atoms with E-state index in [9.17, 15) is 4.79 Å². The molecule has 5 nitrogen and oxygen atoms in total. The summed E-state index contributed by atoms with van der Waals surface area (Å²) in [7, 11) is 0. The second-order valence-electron chi connectivity index (χ2n) is 5.29. The number of nitrogens with one attached hydrogen (secondary N) is 1. The Morgan fingerprint density at radius 2 is 1.82 bits per heavy atom. The van der Waals surface area contributed by atoms with Gasteiger partial charge in [0, 0.05) is 25.7 Å². The smallest absolute Gasteiger partial charge is 0.317 e. The molecular weight excluding hydrogens is 218 g/mol.